The van der Waals surface area contributed by atoms with Crippen LogP contribution in [0.4, 0.5) is 10.1 Å². The van der Waals surface area contributed by atoms with Crippen molar-refractivity contribution in [2.24, 2.45) is 5.73 Å². The van der Waals surface area contributed by atoms with Gasteiger partial charge in [0.1, 0.15) is 11.4 Å². The van der Waals surface area contributed by atoms with Gasteiger partial charge in [-0.05, 0) is 19.1 Å². The molecule has 0 aliphatic rings. The lowest BCUT2D eigenvalue weighted by atomic mass is 10.1. The van der Waals surface area contributed by atoms with Crippen molar-refractivity contribution < 1.29 is 14.1 Å². The van der Waals surface area contributed by atoms with E-state index in [2.05, 4.69) is 5.32 Å². The Kier molecular flexibility index (Phi) is 4.11. The molecule has 0 saturated heterocycles. The van der Waals surface area contributed by atoms with Crippen LogP contribution >= 0.6 is 0 Å². The molecule has 1 atom stereocenters. The Balaban J connectivity index is 3.06. The summed E-state index contributed by atoms with van der Waals surface area (Å²) in [7, 11) is 0. The molecule has 0 aliphatic carbocycles. The summed E-state index contributed by atoms with van der Waals surface area (Å²) in [4.78, 5) is 21.6. The first-order valence-corrected chi connectivity index (χ1v) is 4.90. The molecule has 0 radical (unpaired) electrons. The van der Waals surface area contributed by atoms with Gasteiger partial charge in [0.2, 0.25) is 0 Å². The van der Waals surface area contributed by atoms with Crippen LogP contribution in [0, 0.1) is 15.9 Å². The number of nitrogens with zero attached hydrogens (tertiary/aromatic N) is 1. The van der Waals surface area contributed by atoms with Gasteiger partial charge in [-0.25, -0.2) is 4.39 Å². The summed E-state index contributed by atoms with van der Waals surface area (Å²) in [6.07, 6.45) is 0. The molecule has 1 aromatic carbocycles. The van der Waals surface area contributed by atoms with Crippen LogP contribution in [0.2, 0.25) is 0 Å². The van der Waals surface area contributed by atoms with Gasteiger partial charge in [0, 0.05) is 18.7 Å². The standard InChI is InChI=1S/C10H12FN3O3/c1-6(5-12)13-10(15)8-4-7(11)2-3-9(8)14(16)17/h2-4,6H,5,12H2,1H3,(H,13,15)/t6-/m1/s1. The highest BCUT2D eigenvalue weighted by Gasteiger charge is 2.21. The van der Waals surface area contributed by atoms with E-state index in [-0.39, 0.29) is 18.2 Å². The second kappa shape index (κ2) is 5.35. The van der Waals surface area contributed by atoms with E-state index in [9.17, 15) is 19.3 Å². The maximum atomic E-state index is 13.0. The minimum absolute atomic E-state index is 0.189. The largest absolute Gasteiger partial charge is 0.348 e. The number of carbonyl (C=O) groups excluding carboxylic acids is 1. The highest BCUT2D eigenvalue weighted by Crippen LogP contribution is 2.19. The van der Waals surface area contributed by atoms with Gasteiger partial charge >= 0.3 is 0 Å². The first-order chi connectivity index (χ1) is 7.95. The highest BCUT2D eigenvalue weighted by molar-refractivity contribution is 5.98. The van der Waals surface area contributed by atoms with Gasteiger partial charge in [0.15, 0.2) is 0 Å². The number of nitrogens with two attached hydrogens (primary N) is 1. The third-order valence-electron chi connectivity index (χ3n) is 2.13. The second-order valence-electron chi connectivity index (χ2n) is 3.53. The SMILES string of the molecule is C[C@H](CN)NC(=O)c1cc(F)ccc1[N+](=O)[O-]. The van der Waals surface area contributed by atoms with Crippen molar-refractivity contribution in [2.45, 2.75) is 13.0 Å². The topological polar surface area (TPSA) is 98.3 Å². The summed E-state index contributed by atoms with van der Waals surface area (Å²) in [5, 5.41) is 13.1. The Morgan fingerprint density at radius 1 is 1.65 bits per heavy atom. The van der Waals surface area contributed by atoms with E-state index in [1.165, 1.54) is 0 Å². The fourth-order valence-corrected chi connectivity index (χ4v) is 1.21. The molecule has 0 aliphatic heterocycles. The molecule has 3 N–H and O–H groups in total. The molecule has 0 bridgehead atoms. The van der Waals surface area contributed by atoms with Crippen LogP contribution in [0.15, 0.2) is 18.2 Å². The van der Waals surface area contributed by atoms with E-state index in [0.717, 1.165) is 18.2 Å². The van der Waals surface area contributed by atoms with Gasteiger partial charge in [-0.3, -0.25) is 14.9 Å². The molecule has 0 heterocycles. The number of rotatable bonds is 4. The fraction of sp³-hybridized carbons (Fsp3) is 0.300. The van der Waals surface area contributed by atoms with Gasteiger partial charge in [0.05, 0.1) is 4.92 Å². The van der Waals surface area contributed by atoms with Gasteiger partial charge in [-0.2, -0.15) is 0 Å². The van der Waals surface area contributed by atoms with E-state index in [4.69, 9.17) is 5.73 Å². The van der Waals surface area contributed by atoms with E-state index < -0.39 is 22.3 Å². The van der Waals surface area contributed by atoms with Crippen LogP contribution in [0.25, 0.3) is 0 Å². The molecular weight excluding hydrogens is 229 g/mol. The Hall–Kier alpha value is -2.02. The average molecular weight is 241 g/mol. The molecule has 1 rings (SSSR count). The quantitative estimate of drug-likeness (QED) is 0.602. The minimum atomic E-state index is -0.735. The molecular formula is C10H12FN3O3. The van der Waals surface area contributed by atoms with Gasteiger partial charge in [0.25, 0.3) is 11.6 Å². The van der Waals surface area contributed by atoms with E-state index in [0.29, 0.717) is 0 Å². The zero-order valence-electron chi connectivity index (χ0n) is 9.14. The molecule has 1 aromatic rings. The Labute approximate surface area is 96.8 Å². The van der Waals surface area contributed by atoms with Crippen molar-refractivity contribution in [3.8, 4) is 0 Å². The monoisotopic (exact) mass is 241 g/mol. The molecule has 92 valence electrons. The second-order valence-corrected chi connectivity index (χ2v) is 3.53. The smallest absolute Gasteiger partial charge is 0.282 e. The van der Waals surface area contributed by atoms with Crippen LogP contribution in [0.3, 0.4) is 0 Å². The van der Waals surface area contributed by atoms with Crippen LogP contribution in [-0.4, -0.2) is 23.4 Å². The lowest BCUT2D eigenvalue weighted by Gasteiger charge is -2.11. The number of amides is 1. The molecule has 0 aromatic heterocycles. The Morgan fingerprint density at radius 3 is 2.82 bits per heavy atom. The van der Waals surface area contributed by atoms with Crippen molar-refractivity contribution in [3.63, 3.8) is 0 Å². The number of nitrogens with one attached hydrogen (secondary N) is 1. The highest BCUT2D eigenvalue weighted by atomic mass is 19.1. The Bertz CT molecular complexity index is 450. The number of nitro benzene ring substituents is 1. The van der Waals surface area contributed by atoms with Gasteiger partial charge in [-0.15, -0.1) is 0 Å². The van der Waals surface area contributed by atoms with Gasteiger partial charge in [-0.1, -0.05) is 0 Å². The number of benzene rings is 1. The van der Waals surface area contributed by atoms with E-state index >= 15 is 0 Å². The van der Waals surface area contributed by atoms with Crippen molar-refractivity contribution in [3.05, 3.63) is 39.7 Å². The maximum Gasteiger partial charge on any atom is 0.282 e. The third kappa shape index (κ3) is 3.22. The third-order valence-corrected chi connectivity index (χ3v) is 2.13. The van der Waals surface area contributed by atoms with Crippen LogP contribution in [-0.2, 0) is 0 Å². The molecule has 7 heteroatoms. The summed E-state index contributed by atoms with van der Waals surface area (Å²) in [5.74, 6) is -1.42. The first kappa shape index (κ1) is 13.0. The summed E-state index contributed by atoms with van der Waals surface area (Å²) in [5.41, 5.74) is 4.56. The van der Waals surface area contributed by atoms with E-state index in [1.807, 2.05) is 0 Å². The predicted molar refractivity (Wildman–Crippen MR) is 59.0 cm³/mol. The fourth-order valence-electron chi connectivity index (χ4n) is 1.21. The number of carbonyl (C=O) groups is 1. The number of halogens is 1. The predicted octanol–water partition coefficient (Wildman–Crippen LogP) is 0.811. The summed E-state index contributed by atoms with van der Waals surface area (Å²) in [6.45, 7) is 1.83. The normalized spacial score (nSPS) is 11.9. The summed E-state index contributed by atoms with van der Waals surface area (Å²) < 4.78 is 13.0. The molecule has 17 heavy (non-hydrogen) atoms. The molecule has 0 saturated carbocycles. The molecule has 1 amide bonds. The molecule has 0 spiro atoms. The minimum Gasteiger partial charge on any atom is -0.348 e. The van der Waals surface area contributed by atoms with Crippen molar-refractivity contribution in [2.75, 3.05) is 6.54 Å². The lowest BCUT2D eigenvalue weighted by molar-refractivity contribution is -0.385. The van der Waals surface area contributed by atoms with E-state index in [1.54, 1.807) is 6.92 Å². The van der Waals surface area contributed by atoms with Crippen molar-refractivity contribution >= 4 is 11.6 Å². The average Bonchev–Trinajstić information content (AvgIpc) is 2.28. The zero-order chi connectivity index (χ0) is 13.0. The van der Waals surface area contributed by atoms with Crippen LogP contribution in [0.5, 0.6) is 0 Å². The number of hydrogen-bond acceptors (Lipinski definition) is 4. The van der Waals surface area contributed by atoms with Gasteiger partial charge < -0.3 is 11.1 Å². The van der Waals surface area contributed by atoms with Crippen molar-refractivity contribution in [1.82, 2.24) is 5.32 Å². The lowest BCUT2D eigenvalue weighted by Crippen LogP contribution is -2.38. The maximum absolute atomic E-state index is 13.0. The first-order valence-electron chi connectivity index (χ1n) is 4.90. The summed E-state index contributed by atoms with van der Waals surface area (Å²) >= 11 is 0. The number of nitro groups is 1. The van der Waals surface area contributed by atoms with Crippen molar-refractivity contribution in [1.29, 1.82) is 0 Å². The summed E-state index contributed by atoms with van der Waals surface area (Å²) in [6, 6.07) is 2.38. The van der Waals surface area contributed by atoms with Crippen LogP contribution in [0.1, 0.15) is 17.3 Å². The molecule has 0 fully saturated rings. The molecule has 0 unspecified atom stereocenters. The number of hydrogen-bond donors (Lipinski definition) is 2. The Morgan fingerprint density at radius 2 is 2.29 bits per heavy atom. The molecule has 6 nitrogen and oxygen atoms in total. The van der Waals surface area contributed by atoms with Crippen LogP contribution < -0.4 is 11.1 Å². The zero-order valence-corrected chi connectivity index (χ0v) is 9.14.